The fourth-order valence-electron chi connectivity index (χ4n) is 4.55. The van der Waals surface area contributed by atoms with E-state index in [-0.39, 0.29) is 12.2 Å². The zero-order chi connectivity index (χ0) is 22.2. The Morgan fingerprint density at radius 2 is 1.36 bits per heavy atom. The van der Waals surface area contributed by atoms with Gasteiger partial charge >= 0.3 is 0 Å². The highest BCUT2D eigenvalue weighted by molar-refractivity contribution is 6.11. The Kier molecular flexibility index (Phi) is 4.73. The van der Waals surface area contributed by atoms with E-state index in [9.17, 15) is 0 Å². The zero-order valence-corrected chi connectivity index (χ0v) is 18.3. The summed E-state index contributed by atoms with van der Waals surface area (Å²) < 4.78 is 1.96. The molecule has 5 nitrogen and oxygen atoms in total. The molecule has 0 bridgehead atoms. The van der Waals surface area contributed by atoms with Crippen molar-refractivity contribution in [3.8, 4) is 0 Å². The van der Waals surface area contributed by atoms with Gasteiger partial charge in [0, 0.05) is 11.3 Å². The largest absolute Gasteiger partial charge is 0.314 e. The molecule has 33 heavy (non-hydrogen) atoms. The molecule has 0 aliphatic carbocycles. The number of aromatic nitrogens is 3. The first-order valence-corrected chi connectivity index (χ1v) is 11.1. The highest BCUT2D eigenvalue weighted by atomic mass is 15.5. The van der Waals surface area contributed by atoms with Gasteiger partial charge in [-0.15, -0.1) is 5.10 Å². The Morgan fingerprint density at radius 3 is 2.12 bits per heavy atom. The summed E-state index contributed by atoms with van der Waals surface area (Å²) in [6.45, 7) is 2.11. The molecule has 0 saturated heterocycles. The van der Waals surface area contributed by atoms with Crippen molar-refractivity contribution in [3.63, 3.8) is 0 Å². The average Bonchev–Trinajstić information content (AvgIpc) is 3.47. The van der Waals surface area contributed by atoms with E-state index >= 15 is 0 Å². The molecule has 160 valence electrons. The lowest BCUT2D eigenvalue weighted by molar-refractivity contribution is 0.422. The smallest absolute Gasteiger partial charge is 0.171 e. The first-order chi connectivity index (χ1) is 16.3. The second-order valence-corrected chi connectivity index (χ2v) is 8.32. The van der Waals surface area contributed by atoms with Gasteiger partial charge in [-0.1, -0.05) is 95.7 Å². The van der Waals surface area contributed by atoms with Gasteiger partial charge < -0.3 is 4.90 Å². The number of amidine groups is 1. The van der Waals surface area contributed by atoms with Crippen molar-refractivity contribution in [2.24, 2.45) is 4.99 Å². The SMILES string of the molecule is Cc1ccc(C2C(n3nnc4ccccc43)N=C(c3ccccc3)N2c2ccccc2)cc1. The van der Waals surface area contributed by atoms with Gasteiger partial charge in [0.1, 0.15) is 17.4 Å². The topological polar surface area (TPSA) is 46.3 Å². The van der Waals surface area contributed by atoms with Crippen LogP contribution in [-0.4, -0.2) is 20.8 Å². The number of benzene rings is 4. The summed E-state index contributed by atoms with van der Waals surface area (Å²) >= 11 is 0. The van der Waals surface area contributed by atoms with E-state index in [1.54, 1.807) is 0 Å². The molecule has 2 heterocycles. The Bertz CT molecular complexity index is 1420. The number of para-hydroxylation sites is 2. The molecule has 0 fully saturated rings. The molecule has 5 heteroatoms. The van der Waals surface area contributed by atoms with Crippen LogP contribution in [0.25, 0.3) is 11.0 Å². The minimum atomic E-state index is -0.268. The van der Waals surface area contributed by atoms with Crippen LogP contribution in [0.3, 0.4) is 0 Å². The van der Waals surface area contributed by atoms with Crippen molar-refractivity contribution in [3.05, 3.63) is 126 Å². The van der Waals surface area contributed by atoms with Gasteiger partial charge in [0.05, 0.1) is 5.52 Å². The van der Waals surface area contributed by atoms with Crippen LogP contribution in [0.15, 0.2) is 114 Å². The lowest BCUT2D eigenvalue weighted by Crippen LogP contribution is -2.33. The van der Waals surface area contributed by atoms with Crippen molar-refractivity contribution in [1.82, 2.24) is 15.0 Å². The number of rotatable bonds is 4. The van der Waals surface area contributed by atoms with Gasteiger partial charge in [-0.05, 0) is 36.8 Å². The molecule has 0 saturated carbocycles. The van der Waals surface area contributed by atoms with E-state index in [4.69, 9.17) is 4.99 Å². The van der Waals surface area contributed by atoms with E-state index < -0.39 is 0 Å². The summed E-state index contributed by atoms with van der Waals surface area (Å²) in [5.74, 6) is 0.928. The molecule has 0 spiro atoms. The first kappa shape index (κ1) is 19.4. The molecule has 0 N–H and O–H groups in total. The minimum absolute atomic E-state index is 0.0756. The first-order valence-electron chi connectivity index (χ1n) is 11.1. The van der Waals surface area contributed by atoms with E-state index in [0.29, 0.717) is 0 Å². The van der Waals surface area contributed by atoms with E-state index in [1.165, 1.54) is 11.1 Å². The normalized spacial score (nSPS) is 18.0. The predicted octanol–water partition coefficient (Wildman–Crippen LogP) is 5.95. The molecule has 1 aromatic heterocycles. The summed E-state index contributed by atoms with van der Waals surface area (Å²) in [5.41, 5.74) is 6.43. The second-order valence-electron chi connectivity index (χ2n) is 8.32. The number of aryl methyl sites for hydroxylation is 1. The Balaban J connectivity index is 1.60. The van der Waals surface area contributed by atoms with Gasteiger partial charge in [0.15, 0.2) is 6.17 Å². The van der Waals surface area contributed by atoms with Crippen molar-refractivity contribution < 1.29 is 0 Å². The number of anilines is 1. The van der Waals surface area contributed by atoms with Crippen LogP contribution in [0.1, 0.15) is 28.9 Å². The van der Waals surface area contributed by atoms with Gasteiger partial charge in [0.25, 0.3) is 0 Å². The standard InChI is InChI=1S/C28H23N5/c1-20-16-18-21(19-17-20)26-28(33-25-15-9-8-14-24(25)30-31-33)29-27(22-10-4-2-5-11-22)32(26)23-12-6-3-7-13-23/h2-19,26,28H,1H3. The third-order valence-corrected chi connectivity index (χ3v) is 6.16. The van der Waals surface area contributed by atoms with Gasteiger partial charge in [0.2, 0.25) is 0 Å². The Morgan fingerprint density at radius 1 is 0.697 bits per heavy atom. The molecule has 6 rings (SSSR count). The highest BCUT2D eigenvalue weighted by Crippen LogP contribution is 2.43. The summed E-state index contributed by atoms with van der Waals surface area (Å²) in [7, 11) is 0. The fraction of sp³-hybridized carbons (Fsp3) is 0.107. The summed E-state index contributed by atoms with van der Waals surface area (Å²) in [5, 5.41) is 8.99. The number of nitrogens with zero attached hydrogens (tertiary/aromatic N) is 5. The lowest BCUT2D eigenvalue weighted by Gasteiger charge is -2.31. The van der Waals surface area contributed by atoms with Crippen LogP contribution in [0.2, 0.25) is 0 Å². The molecule has 5 aromatic rings. The maximum absolute atomic E-state index is 5.29. The van der Waals surface area contributed by atoms with E-state index in [2.05, 4.69) is 101 Å². The molecule has 1 aliphatic heterocycles. The maximum atomic E-state index is 5.29. The number of hydrogen-bond donors (Lipinski definition) is 0. The molecular formula is C28H23N5. The Labute approximate surface area is 192 Å². The van der Waals surface area contributed by atoms with Crippen LogP contribution in [0.5, 0.6) is 0 Å². The molecule has 0 amide bonds. The van der Waals surface area contributed by atoms with Crippen LogP contribution in [0, 0.1) is 6.92 Å². The third-order valence-electron chi connectivity index (χ3n) is 6.16. The predicted molar refractivity (Wildman–Crippen MR) is 132 cm³/mol. The van der Waals surface area contributed by atoms with Crippen molar-refractivity contribution in [2.45, 2.75) is 19.1 Å². The molecule has 4 aromatic carbocycles. The summed E-state index contributed by atoms with van der Waals surface area (Å²) in [6.07, 6.45) is -0.268. The zero-order valence-electron chi connectivity index (χ0n) is 18.3. The van der Waals surface area contributed by atoms with Crippen LogP contribution >= 0.6 is 0 Å². The van der Waals surface area contributed by atoms with Crippen molar-refractivity contribution in [1.29, 1.82) is 0 Å². The Hall–Kier alpha value is -4.25. The van der Waals surface area contributed by atoms with Gasteiger partial charge in [-0.2, -0.15) is 0 Å². The second kappa shape index (κ2) is 8.02. The number of aliphatic imine (C=N–C) groups is 1. The molecular weight excluding hydrogens is 406 g/mol. The average molecular weight is 430 g/mol. The van der Waals surface area contributed by atoms with Gasteiger partial charge in [-0.3, -0.25) is 0 Å². The summed E-state index contributed by atoms with van der Waals surface area (Å²) in [4.78, 5) is 7.63. The van der Waals surface area contributed by atoms with Crippen LogP contribution < -0.4 is 4.90 Å². The minimum Gasteiger partial charge on any atom is -0.314 e. The number of hydrogen-bond acceptors (Lipinski definition) is 4. The fourth-order valence-corrected chi connectivity index (χ4v) is 4.55. The quantitative estimate of drug-likeness (QED) is 0.355. The highest BCUT2D eigenvalue weighted by Gasteiger charge is 2.41. The van der Waals surface area contributed by atoms with Gasteiger partial charge in [-0.25, -0.2) is 9.67 Å². The van der Waals surface area contributed by atoms with E-state index in [0.717, 1.165) is 28.1 Å². The van der Waals surface area contributed by atoms with Crippen molar-refractivity contribution in [2.75, 3.05) is 4.90 Å². The molecule has 1 aliphatic rings. The summed E-state index contributed by atoms with van der Waals surface area (Å²) in [6, 6.07) is 37.6. The number of fused-ring (bicyclic) bond motifs is 1. The maximum Gasteiger partial charge on any atom is 0.171 e. The molecule has 2 unspecified atom stereocenters. The van der Waals surface area contributed by atoms with Crippen LogP contribution in [-0.2, 0) is 0 Å². The molecule has 0 radical (unpaired) electrons. The van der Waals surface area contributed by atoms with Crippen LogP contribution in [0.4, 0.5) is 5.69 Å². The lowest BCUT2D eigenvalue weighted by atomic mass is 10.0. The van der Waals surface area contributed by atoms with Crippen molar-refractivity contribution >= 4 is 22.6 Å². The third kappa shape index (κ3) is 3.38. The van der Waals surface area contributed by atoms with E-state index in [1.807, 2.05) is 35.0 Å². The molecule has 2 atom stereocenters. The monoisotopic (exact) mass is 429 g/mol.